The van der Waals surface area contributed by atoms with Gasteiger partial charge in [-0.15, -0.1) is 22.7 Å². The Bertz CT molecular complexity index is 1130. The van der Waals surface area contributed by atoms with Crippen LogP contribution in [-0.4, -0.2) is 17.6 Å². The Balaban J connectivity index is 1.55. The Kier molecular flexibility index (Phi) is 7.26. The van der Waals surface area contributed by atoms with Gasteiger partial charge in [-0.25, -0.2) is 9.59 Å². The van der Waals surface area contributed by atoms with E-state index in [1.54, 1.807) is 20.8 Å². The van der Waals surface area contributed by atoms with Crippen LogP contribution in [0.1, 0.15) is 88.6 Å². The first kappa shape index (κ1) is 26.0. The highest BCUT2D eigenvalue weighted by molar-refractivity contribution is 7.17. The summed E-state index contributed by atoms with van der Waals surface area (Å²) in [6.45, 7) is 7.26. The first-order valence-electron chi connectivity index (χ1n) is 12.0. The third kappa shape index (κ3) is 5.85. The summed E-state index contributed by atoms with van der Waals surface area (Å²) in [5.41, 5.74) is 1.47. The predicted molar refractivity (Wildman–Crippen MR) is 132 cm³/mol. The molecule has 0 saturated heterocycles. The molecule has 192 valence electrons. The zero-order valence-electron chi connectivity index (χ0n) is 20.4. The molecule has 0 aliphatic heterocycles. The number of nitrogens with one attached hydrogen (secondary N) is 2. The van der Waals surface area contributed by atoms with Crippen molar-refractivity contribution in [2.75, 3.05) is 5.32 Å². The van der Waals surface area contributed by atoms with Crippen molar-refractivity contribution in [3.63, 3.8) is 0 Å². The van der Waals surface area contributed by atoms with E-state index in [2.05, 4.69) is 17.6 Å². The van der Waals surface area contributed by atoms with Crippen molar-refractivity contribution in [2.45, 2.75) is 91.0 Å². The number of fused-ring (bicyclic) bond motifs is 2. The maximum absolute atomic E-state index is 13.7. The molecular weight excluding hydrogens is 497 g/mol. The molecule has 2 aliphatic carbocycles. The summed E-state index contributed by atoms with van der Waals surface area (Å²) < 4.78 is 46.6. The SMILES string of the molecule is CC1CCc2sc(NC(=O)NCc3c(C(F)(F)F)sc4c3CCCC4)c(C(=O)OC(C)(C)C)c2C1. The number of halogens is 3. The average Bonchev–Trinajstić information content (AvgIpc) is 3.28. The molecule has 0 bridgehead atoms. The van der Waals surface area contributed by atoms with Gasteiger partial charge in [0.2, 0.25) is 0 Å². The largest absolute Gasteiger partial charge is 0.456 e. The van der Waals surface area contributed by atoms with Crippen molar-refractivity contribution in [1.29, 1.82) is 0 Å². The maximum Gasteiger partial charge on any atom is 0.425 e. The number of hydrogen-bond donors (Lipinski definition) is 2. The molecule has 2 heterocycles. The molecule has 0 aromatic carbocycles. The molecule has 4 rings (SSSR count). The molecule has 0 spiro atoms. The number of aryl methyl sites for hydroxylation is 2. The highest BCUT2D eigenvalue weighted by atomic mass is 32.1. The minimum absolute atomic E-state index is 0.166. The Labute approximate surface area is 211 Å². The summed E-state index contributed by atoms with van der Waals surface area (Å²) in [4.78, 5) is 27.1. The van der Waals surface area contributed by atoms with Gasteiger partial charge in [-0.3, -0.25) is 5.32 Å². The molecule has 10 heteroatoms. The quantitative estimate of drug-likeness (QED) is 0.416. The summed E-state index contributed by atoms with van der Waals surface area (Å²) in [6.07, 6.45) is 1.05. The zero-order valence-corrected chi connectivity index (χ0v) is 22.0. The van der Waals surface area contributed by atoms with Gasteiger partial charge in [0.05, 0.1) is 5.56 Å². The van der Waals surface area contributed by atoms with Gasteiger partial charge in [-0.2, -0.15) is 13.2 Å². The zero-order chi connectivity index (χ0) is 25.5. The summed E-state index contributed by atoms with van der Waals surface area (Å²) in [6, 6.07) is -0.634. The van der Waals surface area contributed by atoms with Crippen LogP contribution in [0.4, 0.5) is 23.0 Å². The van der Waals surface area contributed by atoms with Crippen LogP contribution >= 0.6 is 22.7 Å². The van der Waals surface area contributed by atoms with Crippen LogP contribution in [0.15, 0.2) is 0 Å². The highest BCUT2D eigenvalue weighted by Crippen LogP contribution is 2.44. The second-order valence-electron chi connectivity index (χ2n) is 10.4. The third-order valence-corrected chi connectivity index (χ3v) is 8.89. The number of hydrogen-bond acceptors (Lipinski definition) is 5. The van der Waals surface area contributed by atoms with Crippen molar-refractivity contribution in [2.24, 2.45) is 5.92 Å². The predicted octanol–water partition coefficient (Wildman–Crippen LogP) is 7.11. The first-order valence-corrected chi connectivity index (χ1v) is 13.6. The molecule has 5 nitrogen and oxygen atoms in total. The second kappa shape index (κ2) is 9.76. The summed E-state index contributed by atoms with van der Waals surface area (Å²) >= 11 is 2.15. The monoisotopic (exact) mass is 528 g/mol. The number of carbonyl (C=O) groups excluding carboxylic acids is 2. The molecule has 2 aromatic heterocycles. The molecule has 2 N–H and O–H groups in total. The molecular formula is C25H31F3N2O3S2. The lowest BCUT2D eigenvalue weighted by Crippen LogP contribution is -2.30. The van der Waals surface area contributed by atoms with Gasteiger partial charge < -0.3 is 10.1 Å². The molecule has 1 atom stereocenters. The Morgan fingerprint density at radius 2 is 1.71 bits per heavy atom. The number of anilines is 1. The van der Waals surface area contributed by atoms with Gasteiger partial charge in [0.1, 0.15) is 15.5 Å². The number of ether oxygens (including phenoxy) is 1. The summed E-state index contributed by atoms with van der Waals surface area (Å²) in [5.74, 6) is -0.0869. The van der Waals surface area contributed by atoms with Gasteiger partial charge in [-0.05, 0) is 88.3 Å². The van der Waals surface area contributed by atoms with E-state index in [-0.39, 0.29) is 12.1 Å². The van der Waals surface area contributed by atoms with E-state index in [1.165, 1.54) is 11.3 Å². The van der Waals surface area contributed by atoms with E-state index in [4.69, 9.17) is 4.74 Å². The van der Waals surface area contributed by atoms with Crippen LogP contribution in [0.3, 0.4) is 0 Å². The van der Waals surface area contributed by atoms with Crippen molar-refractivity contribution >= 4 is 39.7 Å². The Hall–Kier alpha value is -2.07. The van der Waals surface area contributed by atoms with Crippen LogP contribution in [0, 0.1) is 5.92 Å². The van der Waals surface area contributed by atoms with Crippen LogP contribution in [-0.2, 0) is 43.1 Å². The fourth-order valence-corrected chi connectivity index (χ4v) is 7.26. The van der Waals surface area contributed by atoms with Gasteiger partial charge in [0.25, 0.3) is 0 Å². The first-order chi connectivity index (χ1) is 16.3. The van der Waals surface area contributed by atoms with Crippen molar-refractivity contribution in [1.82, 2.24) is 5.32 Å². The standard InChI is InChI=1S/C25H31F3N2O3S2/c1-13-9-10-18-15(11-13)19(22(31)33-24(2,3)4)21(35-18)30-23(32)29-12-16-14-7-5-6-8-17(14)34-20(16)25(26,27)28/h13H,5-12H2,1-4H3,(H2,29,30,32). The number of thiophene rings is 2. The number of urea groups is 1. The van der Waals surface area contributed by atoms with E-state index >= 15 is 0 Å². The molecule has 0 fully saturated rings. The molecule has 2 amide bonds. The van der Waals surface area contributed by atoms with Crippen LogP contribution in [0.5, 0.6) is 0 Å². The maximum atomic E-state index is 13.7. The number of rotatable bonds is 4. The van der Waals surface area contributed by atoms with Gasteiger partial charge in [0.15, 0.2) is 0 Å². The fraction of sp³-hybridized carbons (Fsp3) is 0.600. The molecule has 0 saturated carbocycles. The van der Waals surface area contributed by atoms with Crippen LogP contribution in [0.2, 0.25) is 0 Å². The van der Waals surface area contributed by atoms with E-state index in [0.717, 1.165) is 64.3 Å². The lowest BCUT2D eigenvalue weighted by molar-refractivity contribution is -0.135. The topological polar surface area (TPSA) is 67.4 Å². The Morgan fingerprint density at radius 3 is 2.40 bits per heavy atom. The molecule has 1 unspecified atom stereocenters. The number of amides is 2. The Morgan fingerprint density at radius 1 is 1.03 bits per heavy atom. The van der Waals surface area contributed by atoms with Gasteiger partial charge in [0, 0.05) is 16.3 Å². The van der Waals surface area contributed by atoms with Crippen LogP contribution in [0.25, 0.3) is 0 Å². The molecule has 2 aliphatic rings. The third-order valence-electron chi connectivity index (χ3n) is 6.30. The van der Waals surface area contributed by atoms with Crippen LogP contribution < -0.4 is 10.6 Å². The number of esters is 1. The van der Waals surface area contributed by atoms with E-state index < -0.39 is 28.7 Å². The molecule has 2 aromatic rings. The fourth-order valence-electron chi connectivity index (χ4n) is 4.75. The molecule has 0 radical (unpaired) electrons. The van der Waals surface area contributed by atoms with E-state index in [1.807, 2.05) is 0 Å². The van der Waals surface area contributed by atoms with E-state index in [9.17, 15) is 22.8 Å². The van der Waals surface area contributed by atoms with Gasteiger partial charge >= 0.3 is 18.2 Å². The summed E-state index contributed by atoms with van der Waals surface area (Å²) in [5, 5.41) is 5.74. The minimum Gasteiger partial charge on any atom is -0.456 e. The van der Waals surface area contributed by atoms with Crippen molar-refractivity contribution in [3.8, 4) is 0 Å². The van der Waals surface area contributed by atoms with Crippen molar-refractivity contribution < 1.29 is 27.5 Å². The second-order valence-corrected chi connectivity index (χ2v) is 12.6. The lowest BCUT2D eigenvalue weighted by Gasteiger charge is -2.22. The lowest BCUT2D eigenvalue weighted by atomic mass is 9.88. The van der Waals surface area contributed by atoms with Crippen molar-refractivity contribution in [3.05, 3.63) is 36.9 Å². The molecule has 35 heavy (non-hydrogen) atoms. The normalized spacial score (nSPS) is 18.0. The number of alkyl halides is 3. The smallest absolute Gasteiger partial charge is 0.425 e. The average molecular weight is 529 g/mol. The summed E-state index contributed by atoms with van der Waals surface area (Å²) in [7, 11) is 0. The van der Waals surface area contributed by atoms with E-state index in [0.29, 0.717) is 29.3 Å². The number of carbonyl (C=O) groups is 2. The highest BCUT2D eigenvalue weighted by Gasteiger charge is 2.38. The minimum atomic E-state index is -4.46. The van der Waals surface area contributed by atoms with Gasteiger partial charge in [-0.1, -0.05) is 6.92 Å².